The number of hydrogen-bond acceptors (Lipinski definition) is 4. The molecule has 0 atom stereocenters. The van der Waals surface area contributed by atoms with Crippen LogP contribution in [0.2, 0.25) is 0 Å². The molecule has 0 aliphatic carbocycles. The molecule has 0 bridgehead atoms. The van der Waals surface area contributed by atoms with Crippen LogP contribution in [0.3, 0.4) is 0 Å². The molecule has 0 unspecified atom stereocenters. The van der Waals surface area contributed by atoms with Crippen molar-refractivity contribution in [3.8, 4) is 0 Å². The standard InChI is InChI=1S/C15H13FN2O4/c1-9(19)18-10-4-5-11(12(16)7-10)14(20)8-22-15(21)13-3-2-6-17-13/h2-7,17H,8H2,1H3,(H,18,19). The summed E-state index contributed by atoms with van der Waals surface area (Å²) in [6.45, 7) is 0.714. The number of amides is 1. The van der Waals surface area contributed by atoms with Gasteiger partial charge in [-0.25, -0.2) is 9.18 Å². The van der Waals surface area contributed by atoms with Gasteiger partial charge in [-0.05, 0) is 30.3 Å². The smallest absolute Gasteiger partial charge is 0.355 e. The van der Waals surface area contributed by atoms with Gasteiger partial charge >= 0.3 is 5.97 Å². The van der Waals surface area contributed by atoms with Crippen molar-refractivity contribution in [3.05, 3.63) is 53.6 Å². The number of carbonyl (C=O) groups excluding carboxylic acids is 3. The minimum Gasteiger partial charge on any atom is -0.453 e. The Balaban J connectivity index is 2.00. The number of carbonyl (C=O) groups is 3. The van der Waals surface area contributed by atoms with E-state index in [1.54, 1.807) is 12.3 Å². The summed E-state index contributed by atoms with van der Waals surface area (Å²) in [5, 5.41) is 2.40. The molecule has 0 spiro atoms. The monoisotopic (exact) mass is 304 g/mol. The van der Waals surface area contributed by atoms with Crippen LogP contribution in [0.5, 0.6) is 0 Å². The third-order valence-corrected chi connectivity index (χ3v) is 2.74. The Kier molecular flexibility index (Phi) is 4.67. The maximum absolute atomic E-state index is 13.8. The zero-order valence-electron chi connectivity index (χ0n) is 11.7. The van der Waals surface area contributed by atoms with Gasteiger partial charge in [0.05, 0.1) is 5.56 Å². The topological polar surface area (TPSA) is 88.3 Å². The fraction of sp³-hybridized carbons (Fsp3) is 0.133. The number of benzene rings is 1. The van der Waals surface area contributed by atoms with Gasteiger partial charge in [-0.2, -0.15) is 0 Å². The molecule has 0 fully saturated rings. The van der Waals surface area contributed by atoms with Crippen molar-refractivity contribution < 1.29 is 23.5 Å². The first-order valence-electron chi connectivity index (χ1n) is 6.38. The number of Topliss-reactive ketones (excluding diaryl/α,β-unsaturated/α-hetero) is 1. The van der Waals surface area contributed by atoms with Crippen molar-refractivity contribution >= 4 is 23.3 Å². The Labute approximate surface area is 125 Å². The number of H-pyrrole nitrogens is 1. The molecule has 0 aliphatic heterocycles. The van der Waals surface area contributed by atoms with Crippen molar-refractivity contribution in [2.24, 2.45) is 0 Å². The summed E-state index contributed by atoms with van der Waals surface area (Å²) >= 11 is 0. The lowest BCUT2D eigenvalue weighted by Gasteiger charge is -2.07. The maximum Gasteiger partial charge on any atom is 0.355 e. The van der Waals surface area contributed by atoms with E-state index in [1.165, 1.54) is 25.1 Å². The molecular formula is C15H13FN2O4. The normalized spacial score (nSPS) is 10.1. The molecule has 0 aliphatic rings. The minimum absolute atomic E-state index is 0.203. The van der Waals surface area contributed by atoms with Gasteiger partial charge in [0.15, 0.2) is 6.61 Å². The highest BCUT2D eigenvalue weighted by atomic mass is 19.1. The van der Waals surface area contributed by atoms with Crippen molar-refractivity contribution in [2.75, 3.05) is 11.9 Å². The van der Waals surface area contributed by atoms with Crippen LogP contribution in [0.25, 0.3) is 0 Å². The minimum atomic E-state index is -0.799. The van der Waals surface area contributed by atoms with E-state index in [2.05, 4.69) is 10.3 Å². The van der Waals surface area contributed by atoms with E-state index in [9.17, 15) is 18.8 Å². The Morgan fingerprint density at radius 2 is 2.05 bits per heavy atom. The van der Waals surface area contributed by atoms with E-state index >= 15 is 0 Å². The number of ether oxygens (including phenoxy) is 1. The van der Waals surface area contributed by atoms with E-state index in [0.29, 0.717) is 0 Å². The van der Waals surface area contributed by atoms with Crippen LogP contribution in [0.4, 0.5) is 10.1 Å². The lowest BCUT2D eigenvalue weighted by Crippen LogP contribution is -2.16. The third kappa shape index (κ3) is 3.78. The van der Waals surface area contributed by atoms with Crippen LogP contribution in [0.15, 0.2) is 36.5 Å². The van der Waals surface area contributed by atoms with Crippen LogP contribution in [-0.2, 0) is 9.53 Å². The van der Waals surface area contributed by atoms with E-state index in [-0.39, 0.29) is 22.9 Å². The van der Waals surface area contributed by atoms with Crippen molar-refractivity contribution in [2.45, 2.75) is 6.92 Å². The van der Waals surface area contributed by atoms with E-state index in [0.717, 1.165) is 6.07 Å². The molecule has 7 heteroatoms. The zero-order valence-corrected chi connectivity index (χ0v) is 11.7. The van der Waals surface area contributed by atoms with Crippen LogP contribution >= 0.6 is 0 Å². The number of ketones is 1. The Morgan fingerprint density at radius 3 is 2.64 bits per heavy atom. The number of esters is 1. The first kappa shape index (κ1) is 15.4. The maximum atomic E-state index is 13.8. The fourth-order valence-corrected chi connectivity index (χ4v) is 1.77. The third-order valence-electron chi connectivity index (χ3n) is 2.74. The highest BCUT2D eigenvalue weighted by Gasteiger charge is 2.16. The molecule has 2 aromatic rings. The largest absolute Gasteiger partial charge is 0.453 e. The number of halogens is 1. The lowest BCUT2D eigenvalue weighted by atomic mass is 10.1. The Morgan fingerprint density at radius 1 is 1.27 bits per heavy atom. The van der Waals surface area contributed by atoms with Crippen molar-refractivity contribution in [1.29, 1.82) is 0 Å². The van der Waals surface area contributed by atoms with Gasteiger partial charge in [-0.3, -0.25) is 9.59 Å². The van der Waals surface area contributed by atoms with Crippen LogP contribution in [0.1, 0.15) is 27.8 Å². The summed E-state index contributed by atoms with van der Waals surface area (Å²) < 4.78 is 18.6. The van der Waals surface area contributed by atoms with Gasteiger partial charge in [-0.1, -0.05) is 0 Å². The summed E-state index contributed by atoms with van der Waals surface area (Å²) in [6, 6.07) is 6.76. The molecule has 1 aromatic heterocycles. The number of hydrogen-bond donors (Lipinski definition) is 2. The molecule has 1 amide bonds. The first-order chi connectivity index (χ1) is 10.5. The molecule has 114 valence electrons. The molecule has 2 rings (SSSR count). The van der Waals surface area contributed by atoms with Crippen molar-refractivity contribution in [1.82, 2.24) is 4.98 Å². The predicted molar refractivity (Wildman–Crippen MR) is 76.1 cm³/mol. The molecule has 0 saturated heterocycles. The quantitative estimate of drug-likeness (QED) is 0.654. The van der Waals surface area contributed by atoms with Gasteiger partial charge in [0.2, 0.25) is 11.7 Å². The van der Waals surface area contributed by atoms with Gasteiger partial charge < -0.3 is 15.0 Å². The summed E-state index contributed by atoms with van der Waals surface area (Å²) in [5.74, 6) is -2.52. The average molecular weight is 304 g/mol. The summed E-state index contributed by atoms with van der Waals surface area (Å²) in [7, 11) is 0. The van der Waals surface area contributed by atoms with Gasteiger partial charge in [0.25, 0.3) is 0 Å². The summed E-state index contributed by atoms with van der Waals surface area (Å²) in [4.78, 5) is 36.9. The number of anilines is 1. The van der Waals surface area contributed by atoms with Crippen LogP contribution in [-0.4, -0.2) is 29.3 Å². The molecule has 6 nitrogen and oxygen atoms in total. The van der Waals surface area contributed by atoms with Gasteiger partial charge in [-0.15, -0.1) is 0 Å². The number of rotatable bonds is 5. The number of aromatic nitrogens is 1. The molecule has 0 saturated carbocycles. The van der Waals surface area contributed by atoms with Crippen molar-refractivity contribution in [3.63, 3.8) is 0 Å². The van der Waals surface area contributed by atoms with Gasteiger partial charge in [0, 0.05) is 18.8 Å². The second-order valence-corrected chi connectivity index (χ2v) is 4.46. The Bertz CT molecular complexity index is 710. The number of aromatic amines is 1. The summed E-state index contributed by atoms with van der Waals surface area (Å²) in [6.07, 6.45) is 1.54. The average Bonchev–Trinajstić information content (AvgIpc) is 2.98. The molecule has 0 radical (unpaired) electrons. The highest BCUT2D eigenvalue weighted by Crippen LogP contribution is 2.15. The fourth-order valence-electron chi connectivity index (χ4n) is 1.77. The molecule has 2 N–H and O–H groups in total. The molecule has 1 heterocycles. The molecule has 1 aromatic carbocycles. The van der Waals surface area contributed by atoms with Crippen LogP contribution in [0, 0.1) is 5.82 Å². The highest BCUT2D eigenvalue weighted by molar-refractivity contribution is 6.00. The SMILES string of the molecule is CC(=O)Nc1ccc(C(=O)COC(=O)c2ccc[nH]2)c(F)c1. The van der Waals surface area contributed by atoms with Gasteiger partial charge in [0.1, 0.15) is 11.5 Å². The molecular weight excluding hydrogens is 291 g/mol. The second-order valence-electron chi connectivity index (χ2n) is 4.46. The van der Waals surface area contributed by atoms with E-state index in [1.807, 2.05) is 0 Å². The zero-order chi connectivity index (χ0) is 16.1. The molecule has 22 heavy (non-hydrogen) atoms. The number of nitrogens with one attached hydrogen (secondary N) is 2. The summed E-state index contributed by atoms with van der Waals surface area (Å²) in [5.41, 5.74) is 0.229. The lowest BCUT2D eigenvalue weighted by molar-refractivity contribution is -0.114. The second kappa shape index (κ2) is 6.66. The van der Waals surface area contributed by atoms with E-state index < -0.39 is 24.2 Å². The Hall–Kier alpha value is -2.96. The first-order valence-corrected chi connectivity index (χ1v) is 6.38. The van der Waals surface area contributed by atoms with E-state index in [4.69, 9.17) is 4.74 Å². The predicted octanol–water partition coefficient (Wildman–Crippen LogP) is 2.15. The van der Waals surface area contributed by atoms with Crippen LogP contribution < -0.4 is 5.32 Å².